The first-order valence-electron chi connectivity index (χ1n) is 11.4. The Hall–Kier alpha value is -3.86. The number of nitrogens with one attached hydrogen (secondary N) is 2. The Labute approximate surface area is 193 Å². The first-order valence-corrected chi connectivity index (χ1v) is 11.4. The largest absolute Gasteiger partial charge is 0.361 e. The molecule has 1 unspecified atom stereocenters. The highest BCUT2D eigenvalue weighted by molar-refractivity contribution is 5.94. The highest BCUT2D eigenvalue weighted by Gasteiger charge is 2.24. The molecule has 5 rings (SSSR count). The molecule has 0 saturated carbocycles. The maximum absolute atomic E-state index is 13.0. The standard InChI is InChI=1S/C28H27N3O2/c1-19(30-27(32)17-22-9-6-8-20-7-2-3-10-23(20)22)28(33)31-15-13-21(14-16-31)25-18-29-26-12-5-4-11-24(25)26/h2-13,18-19,29H,14-17H2,1H3,(H,30,32). The molecule has 2 N–H and O–H groups in total. The molecule has 1 aliphatic heterocycles. The van der Waals surface area contributed by atoms with Crippen molar-refractivity contribution in [2.24, 2.45) is 0 Å². The molecule has 4 aromatic rings. The average Bonchev–Trinajstić information content (AvgIpc) is 3.28. The van der Waals surface area contributed by atoms with Crippen molar-refractivity contribution in [3.8, 4) is 0 Å². The van der Waals surface area contributed by atoms with Crippen molar-refractivity contribution in [2.45, 2.75) is 25.8 Å². The summed E-state index contributed by atoms with van der Waals surface area (Å²) in [6, 6.07) is 21.7. The summed E-state index contributed by atoms with van der Waals surface area (Å²) in [6.45, 7) is 2.97. The van der Waals surface area contributed by atoms with Crippen LogP contribution in [0.25, 0.3) is 27.2 Å². The zero-order valence-corrected chi connectivity index (χ0v) is 18.7. The van der Waals surface area contributed by atoms with Gasteiger partial charge in [0.15, 0.2) is 0 Å². The number of carbonyl (C=O) groups is 2. The van der Waals surface area contributed by atoms with Crippen molar-refractivity contribution >= 4 is 39.1 Å². The summed E-state index contributed by atoms with van der Waals surface area (Å²) in [5.41, 5.74) is 4.54. The highest BCUT2D eigenvalue weighted by atomic mass is 16.2. The summed E-state index contributed by atoms with van der Waals surface area (Å²) >= 11 is 0. The molecule has 0 bridgehead atoms. The van der Waals surface area contributed by atoms with E-state index in [1.807, 2.05) is 65.7 Å². The van der Waals surface area contributed by atoms with Crippen LogP contribution in [0.5, 0.6) is 0 Å². The van der Waals surface area contributed by atoms with E-state index in [2.05, 4.69) is 28.5 Å². The Morgan fingerprint density at radius 3 is 2.58 bits per heavy atom. The molecule has 2 amide bonds. The van der Waals surface area contributed by atoms with E-state index in [0.717, 1.165) is 28.3 Å². The maximum Gasteiger partial charge on any atom is 0.245 e. The van der Waals surface area contributed by atoms with Crippen molar-refractivity contribution in [1.82, 2.24) is 15.2 Å². The number of hydrogen-bond donors (Lipinski definition) is 2. The number of rotatable bonds is 5. The number of amides is 2. The summed E-state index contributed by atoms with van der Waals surface area (Å²) in [5, 5.41) is 6.28. The molecule has 0 radical (unpaired) electrons. The van der Waals surface area contributed by atoms with Gasteiger partial charge in [0.2, 0.25) is 11.8 Å². The Bertz CT molecular complexity index is 1360. The molecule has 1 aromatic heterocycles. The van der Waals surface area contributed by atoms with Crippen LogP contribution in [0.4, 0.5) is 0 Å². The van der Waals surface area contributed by atoms with Gasteiger partial charge in [0.25, 0.3) is 0 Å². The van der Waals surface area contributed by atoms with Gasteiger partial charge in [0.1, 0.15) is 6.04 Å². The van der Waals surface area contributed by atoms with Crippen molar-refractivity contribution in [3.63, 3.8) is 0 Å². The van der Waals surface area contributed by atoms with Gasteiger partial charge in [0.05, 0.1) is 6.42 Å². The molecule has 1 atom stereocenters. The fourth-order valence-electron chi connectivity index (χ4n) is 4.70. The van der Waals surface area contributed by atoms with Crippen LogP contribution in [0.2, 0.25) is 0 Å². The van der Waals surface area contributed by atoms with Crippen LogP contribution in [0.15, 0.2) is 79.0 Å². The van der Waals surface area contributed by atoms with Gasteiger partial charge in [-0.2, -0.15) is 0 Å². The van der Waals surface area contributed by atoms with E-state index in [1.54, 1.807) is 6.92 Å². The number of benzene rings is 3. The van der Waals surface area contributed by atoms with Gasteiger partial charge in [0, 0.05) is 35.8 Å². The zero-order valence-electron chi connectivity index (χ0n) is 18.7. The maximum atomic E-state index is 13.0. The first-order chi connectivity index (χ1) is 16.1. The molecular formula is C28H27N3O2. The fraction of sp³-hybridized carbons (Fsp3) is 0.214. The second kappa shape index (κ2) is 8.94. The number of carbonyl (C=O) groups excluding carboxylic acids is 2. The van der Waals surface area contributed by atoms with Gasteiger partial charge in [-0.05, 0) is 41.3 Å². The van der Waals surface area contributed by atoms with Crippen molar-refractivity contribution < 1.29 is 9.59 Å². The molecule has 5 nitrogen and oxygen atoms in total. The highest BCUT2D eigenvalue weighted by Crippen LogP contribution is 2.29. The number of para-hydroxylation sites is 1. The lowest BCUT2D eigenvalue weighted by Gasteiger charge is -2.29. The van der Waals surface area contributed by atoms with Crippen LogP contribution >= 0.6 is 0 Å². The number of fused-ring (bicyclic) bond motifs is 2. The minimum absolute atomic E-state index is 0.0458. The van der Waals surface area contributed by atoms with E-state index < -0.39 is 6.04 Å². The quantitative estimate of drug-likeness (QED) is 0.476. The smallest absolute Gasteiger partial charge is 0.245 e. The van der Waals surface area contributed by atoms with Crippen LogP contribution in [0.1, 0.15) is 24.5 Å². The van der Waals surface area contributed by atoms with Crippen LogP contribution in [-0.4, -0.2) is 40.8 Å². The molecule has 3 aromatic carbocycles. The molecule has 0 aliphatic carbocycles. The van der Waals surface area contributed by atoms with E-state index in [9.17, 15) is 9.59 Å². The second-order valence-electron chi connectivity index (χ2n) is 8.62. The fourth-order valence-corrected chi connectivity index (χ4v) is 4.70. The molecular weight excluding hydrogens is 410 g/mol. The van der Waals surface area contributed by atoms with Crippen LogP contribution in [-0.2, 0) is 16.0 Å². The lowest BCUT2D eigenvalue weighted by molar-refractivity contribution is -0.135. The minimum Gasteiger partial charge on any atom is -0.361 e. The predicted octanol–water partition coefficient (Wildman–Crippen LogP) is 4.68. The van der Waals surface area contributed by atoms with Crippen LogP contribution < -0.4 is 5.32 Å². The molecule has 0 saturated heterocycles. The Balaban J connectivity index is 1.21. The lowest BCUT2D eigenvalue weighted by Crippen LogP contribution is -2.48. The van der Waals surface area contributed by atoms with Crippen molar-refractivity contribution in [2.75, 3.05) is 13.1 Å². The topological polar surface area (TPSA) is 65.2 Å². The number of aromatic nitrogens is 1. The second-order valence-corrected chi connectivity index (χ2v) is 8.62. The molecule has 0 fully saturated rings. The van der Waals surface area contributed by atoms with E-state index in [4.69, 9.17) is 0 Å². The number of aromatic amines is 1. The van der Waals surface area contributed by atoms with E-state index in [-0.39, 0.29) is 18.2 Å². The summed E-state index contributed by atoms with van der Waals surface area (Å²) in [5.74, 6) is -0.185. The van der Waals surface area contributed by atoms with Crippen LogP contribution in [0.3, 0.4) is 0 Å². The third-order valence-corrected chi connectivity index (χ3v) is 6.43. The Kier molecular flexibility index (Phi) is 5.69. The molecule has 166 valence electrons. The summed E-state index contributed by atoms with van der Waals surface area (Å²) in [6.07, 6.45) is 5.22. The zero-order chi connectivity index (χ0) is 22.8. The predicted molar refractivity (Wildman–Crippen MR) is 133 cm³/mol. The van der Waals surface area contributed by atoms with E-state index in [1.165, 1.54) is 16.5 Å². The Morgan fingerprint density at radius 1 is 1.00 bits per heavy atom. The van der Waals surface area contributed by atoms with Crippen molar-refractivity contribution in [1.29, 1.82) is 0 Å². The van der Waals surface area contributed by atoms with E-state index >= 15 is 0 Å². The molecule has 1 aliphatic rings. The van der Waals surface area contributed by atoms with Crippen molar-refractivity contribution in [3.05, 3.63) is 90.1 Å². The molecule has 33 heavy (non-hydrogen) atoms. The average molecular weight is 438 g/mol. The number of nitrogens with zero attached hydrogens (tertiary/aromatic N) is 1. The molecule has 0 spiro atoms. The summed E-state index contributed by atoms with van der Waals surface area (Å²) in [4.78, 5) is 30.8. The number of hydrogen-bond acceptors (Lipinski definition) is 2. The van der Waals surface area contributed by atoms with Crippen LogP contribution in [0, 0.1) is 0 Å². The number of H-pyrrole nitrogens is 1. The monoisotopic (exact) mass is 437 g/mol. The van der Waals surface area contributed by atoms with Gasteiger partial charge in [-0.1, -0.05) is 66.7 Å². The minimum atomic E-state index is -0.560. The van der Waals surface area contributed by atoms with Gasteiger partial charge in [-0.25, -0.2) is 0 Å². The third-order valence-electron chi connectivity index (χ3n) is 6.43. The third kappa shape index (κ3) is 4.27. The van der Waals surface area contributed by atoms with Gasteiger partial charge < -0.3 is 15.2 Å². The molecule has 5 heteroatoms. The normalized spacial score (nSPS) is 14.8. The van der Waals surface area contributed by atoms with Gasteiger partial charge in [-0.3, -0.25) is 9.59 Å². The van der Waals surface area contributed by atoms with Gasteiger partial charge >= 0.3 is 0 Å². The van der Waals surface area contributed by atoms with Gasteiger partial charge in [-0.15, -0.1) is 0 Å². The first kappa shape index (κ1) is 21.0. The summed E-state index contributed by atoms with van der Waals surface area (Å²) < 4.78 is 0. The lowest BCUT2D eigenvalue weighted by atomic mass is 9.98. The van der Waals surface area contributed by atoms with E-state index in [0.29, 0.717) is 13.1 Å². The SMILES string of the molecule is CC(NC(=O)Cc1cccc2ccccc12)C(=O)N1CC=C(c2c[nH]c3ccccc23)CC1. The summed E-state index contributed by atoms with van der Waals surface area (Å²) in [7, 11) is 0. The Morgan fingerprint density at radius 2 is 1.76 bits per heavy atom. The molecule has 2 heterocycles.